The van der Waals surface area contributed by atoms with Crippen molar-refractivity contribution in [3.63, 3.8) is 0 Å². The van der Waals surface area contributed by atoms with Gasteiger partial charge < -0.3 is 14.7 Å². The van der Waals surface area contributed by atoms with Crippen molar-refractivity contribution in [1.82, 2.24) is 20.4 Å². The minimum atomic E-state index is -0.587. The molecular weight excluding hydrogens is 367 g/mol. The third-order valence-corrected chi connectivity index (χ3v) is 4.63. The zero-order valence-corrected chi connectivity index (χ0v) is 14.8. The molecule has 1 aromatic heterocycles. The van der Waals surface area contributed by atoms with Crippen LogP contribution in [0.5, 0.6) is 0 Å². The van der Waals surface area contributed by atoms with Gasteiger partial charge in [0.1, 0.15) is 0 Å². The summed E-state index contributed by atoms with van der Waals surface area (Å²) in [6.45, 7) is 1.38. The van der Waals surface area contributed by atoms with Crippen LogP contribution in [0.3, 0.4) is 0 Å². The largest absolute Gasteiger partial charge is 0.341 e. The Kier molecular flexibility index (Phi) is 5.55. The second-order valence-corrected chi connectivity index (χ2v) is 6.48. The second kappa shape index (κ2) is 7.84. The second-order valence-electron chi connectivity index (χ2n) is 5.66. The van der Waals surface area contributed by atoms with Gasteiger partial charge in [0, 0.05) is 29.6 Å². The normalized spacial score (nSPS) is 13.9. The average molecular weight is 383 g/mol. The molecule has 1 fully saturated rings. The van der Waals surface area contributed by atoms with E-state index in [2.05, 4.69) is 15.5 Å². The zero-order valence-electron chi connectivity index (χ0n) is 13.3. The van der Waals surface area contributed by atoms with Gasteiger partial charge in [-0.05, 0) is 30.5 Å². The van der Waals surface area contributed by atoms with Crippen molar-refractivity contribution in [2.24, 2.45) is 0 Å². The first-order valence-corrected chi connectivity index (χ1v) is 8.61. The number of nitrogens with one attached hydrogen (secondary N) is 1. The molecule has 0 atom stereocenters. The predicted octanol–water partition coefficient (Wildman–Crippen LogP) is 2.32. The van der Waals surface area contributed by atoms with E-state index in [1.54, 1.807) is 23.1 Å². The number of amides is 2. The number of likely N-dealkylation sites (tertiary alicyclic amines) is 1. The average Bonchev–Trinajstić information content (AvgIpc) is 3.27. The monoisotopic (exact) mass is 382 g/mol. The zero-order chi connectivity index (χ0) is 17.8. The van der Waals surface area contributed by atoms with Gasteiger partial charge in [-0.25, -0.2) is 0 Å². The van der Waals surface area contributed by atoms with Crippen LogP contribution in [0.25, 0.3) is 0 Å². The number of hydrogen-bond acceptors (Lipinski definition) is 5. The molecule has 1 aliphatic rings. The molecule has 7 nitrogen and oxygen atoms in total. The minimum absolute atomic E-state index is 0.0904. The Balaban J connectivity index is 1.59. The summed E-state index contributed by atoms with van der Waals surface area (Å²) in [5, 5.41) is 7.23. The van der Waals surface area contributed by atoms with E-state index in [9.17, 15) is 9.59 Å². The molecule has 0 unspecified atom stereocenters. The summed E-state index contributed by atoms with van der Waals surface area (Å²) in [6, 6.07) is 5.15. The SMILES string of the molecule is O=C(NCC(=O)N1CCCC1)c1nc(Cc2c(Cl)cccc2Cl)no1. The molecule has 0 saturated carbocycles. The Bertz CT molecular complexity index is 767. The Morgan fingerprint density at radius 3 is 2.56 bits per heavy atom. The highest BCUT2D eigenvalue weighted by atomic mass is 35.5. The third kappa shape index (κ3) is 4.29. The fourth-order valence-corrected chi connectivity index (χ4v) is 3.12. The highest BCUT2D eigenvalue weighted by Crippen LogP contribution is 2.26. The van der Waals surface area contributed by atoms with E-state index in [4.69, 9.17) is 27.7 Å². The van der Waals surface area contributed by atoms with Crippen LogP contribution in [0, 0.1) is 0 Å². The maximum Gasteiger partial charge on any atom is 0.315 e. The predicted molar refractivity (Wildman–Crippen MR) is 91.7 cm³/mol. The van der Waals surface area contributed by atoms with Gasteiger partial charge in [-0.3, -0.25) is 9.59 Å². The Morgan fingerprint density at radius 2 is 1.88 bits per heavy atom. The maximum atomic E-state index is 12.0. The van der Waals surface area contributed by atoms with E-state index in [-0.39, 0.29) is 30.6 Å². The number of hydrogen-bond donors (Lipinski definition) is 1. The van der Waals surface area contributed by atoms with E-state index in [0.29, 0.717) is 15.6 Å². The first-order valence-electron chi connectivity index (χ1n) is 7.86. The first kappa shape index (κ1) is 17.7. The lowest BCUT2D eigenvalue weighted by Crippen LogP contribution is -2.38. The van der Waals surface area contributed by atoms with E-state index >= 15 is 0 Å². The van der Waals surface area contributed by atoms with Crippen LogP contribution in [0.4, 0.5) is 0 Å². The van der Waals surface area contributed by atoms with E-state index in [0.717, 1.165) is 25.9 Å². The van der Waals surface area contributed by atoms with Gasteiger partial charge in [0.05, 0.1) is 6.54 Å². The smallest absolute Gasteiger partial charge is 0.315 e. The molecule has 0 bridgehead atoms. The standard InChI is InChI=1S/C16H16Cl2N4O3/c17-11-4-3-5-12(18)10(11)8-13-20-16(25-21-13)15(24)19-9-14(23)22-6-1-2-7-22/h3-5H,1-2,6-9H2,(H,19,24). The van der Waals surface area contributed by atoms with E-state index < -0.39 is 5.91 Å². The Hall–Kier alpha value is -2.12. The molecule has 0 spiro atoms. The summed E-state index contributed by atoms with van der Waals surface area (Å²) in [6.07, 6.45) is 2.23. The maximum absolute atomic E-state index is 12.0. The fourth-order valence-electron chi connectivity index (χ4n) is 2.59. The van der Waals surface area contributed by atoms with Gasteiger partial charge in [-0.15, -0.1) is 0 Å². The third-order valence-electron chi connectivity index (χ3n) is 3.92. The number of nitrogens with zero attached hydrogens (tertiary/aromatic N) is 3. The molecule has 3 rings (SSSR count). The minimum Gasteiger partial charge on any atom is -0.341 e. The molecule has 0 radical (unpaired) electrons. The molecule has 132 valence electrons. The number of aromatic nitrogens is 2. The summed E-state index contributed by atoms with van der Waals surface area (Å²) in [5.74, 6) is -0.622. The molecule has 2 amide bonds. The summed E-state index contributed by atoms with van der Waals surface area (Å²) in [7, 11) is 0. The summed E-state index contributed by atoms with van der Waals surface area (Å²) >= 11 is 12.2. The van der Waals surface area contributed by atoms with Crippen molar-refractivity contribution in [1.29, 1.82) is 0 Å². The van der Waals surface area contributed by atoms with Crippen LogP contribution >= 0.6 is 23.2 Å². The van der Waals surface area contributed by atoms with Gasteiger partial charge in [0.25, 0.3) is 0 Å². The molecule has 25 heavy (non-hydrogen) atoms. The van der Waals surface area contributed by atoms with Crippen molar-refractivity contribution in [3.8, 4) is 0 Å². The number of halogens is 2. The number of carbonyl (C=O) groups excluding carboxylic acids is 2. The van der Waals surface area contributed by atoms with Crippen molar-refractivity contribution in [2.75, 3.05) is 19.6 Å². The quantitative estimate of drug-likeness (QED) is 0.856. The lowest BCUT2D eigenvalue weighted by molar-refractivity contribution is -0.129. The van der Waals surface area contributed by atoms with Crippen LogP contribution in [0.1, 0.15) is 34.9 Å². The first-order chi connectivity index (χ1) is 12.0. The number of benzene rings is 1. The van der Waals surface area contributed by atoms with Crippen LogP contribution in [0.2, 0.25) is 10.0 Å². The molecular formula is C16H16Cl2N4O3. The van der Waals surface area contributed by atoms with Crippen LogP contribution < -0.4 is 5.32 Å². The molecule has 1 aliphatic heterocycles. The molecule has 1 aromatic carbocycles. The molecule has 9 heteroatoms. The number of rotatable bonds is 5. The van der Waals surface area contributed by atoms with Crippen molar-refractivity contribution < 1.29 is 14.1 Å². The van der Waals surface area contributed by atoms with E-state index in [1.165, 1.54) is 0 Å². The highest BCUT2D eigenvalue weighted by molar-refractivity contribution is 6.36. The van der Waals surface area contributed by atoms with Crippen LogP contribution in [0.15, 0.2) is 22.7 Å². The molecule has 2 aromatic rings. The van der Waals surface area contributed by atoms with Gasteiger partial charge in [0.15, 0.2) is 5.82 Å². The Labute approximate surface area is 154 Å². The van der Waals surface area contributed by atoms with Crippen LogP contribution in [-0.2, 0) is 11.2 Å². The van der Waals surface area contributed by atoms with Gasteiger partial charge >= 0.3 is 11.8 Å². The van der Waals surface area contributed by atoms with Gasteiger partial charge in [-0.1, -0.05) is 34.4 Å². The van der Waals surface area contributed by atoms with Crippen molar-refractivity contribution in [2.45, 2.75) is 19.3 Å². The van der Waals surface area contributed by atoms with Crippen LogP contribution in [-0.4, -0.2) is 46.5 Å². The van der Waals surface area contributed by atoms with E-state index in [1.807, 2.05) is 0 Å². The number of carbonyl (C=O) groups is 2. The molecule has 0 aliphatic carbocycles. The summed E-state index contributed by atoms with van der Waals surface area (Å²) in [5.41, 5.74) is 0.655. The Morgan fingerprint density at radius 1 is 1.20 bits per heavy atom. The van der Waals surface area contributed by atoms with Crippen molar-refractivity contribution >= 4 is 35.0 Å². The fraction of sp³-hybridized carbons (Fsp3) is 0.375. The lowest BCUT2D eigenvalue weighted by atomic mass is 10.1. The molecule has 2 heterocycles. The lowest BCUT2D eigenvalue weighted by Gasteiger charge is -2.14. The summed E-state index contributed by atoms with van der Waals surface area (Å²) in [4.78, 5) is 29.7. The molecule has 1 N–H and O–H groups in total. The van der Waals surface area contributed by atoms with Gasteiger partial charge in [-0.2, -0.15) is 4.98 Å². The highest BCUT2D eigenvalue weighted by Gasteiger charge is 2.21. The van der Waals surface area contributed by atoms with Crippen molar-refractivity contribution in [3.05, 3.63) is 45.5 Å². The molecule has 1 saturated heterocycles. The summed E-state index contributed by atoms with van der Waals surface area (Å²) < 4.78 is 4.95. The van der Waals surface area contributed by atoms with Gasteiger partial charge in [0.2, 0.25) is 5.91 Å². The topological polar surface area (TPSA) is 88.3 Å².